The number of hydrogen-bond donors (Lipinski definition) is 0. The normalized spacial score (nSPS) is 10.5. The summed E-state index contributed by atoms with van der Waals surface area (Å²) in [5, 5.41) is 0. The second kappa shape index (κ2) is 7.85. The van der Waals surface area contributed by atoms with Gasteiger partial charge in [-0.15, -0.1) is 0 Å². The van der Waals surface area contributed by atoms with E-state index < -0.39 is 0 Å². The Morgan fingerprint density at radius 3 is 2.53 bits per heavy atom. The second-order valence-corrected chi connectivity index (χ2v) is 4.01. The largest absolute Gasteiger partial charge is 0.465 e. The molecule has 0 saturated heterocycles. The van der Waals surface area contributed by atoms with Gasteiger partial charge in [0.1, 0.15) is 6.61 Å². The SMILES string of the molecule is CCN(CCOC(C)=O)CCc1ccccc1. The molecule has 0 N–H and O–H groups in total. The maximum Gasteiger partial charge on any atom is 0.302 e. The van der Waals surface area contributed by atoms with Gasteiger partial charge in [-0.3, -0.25) is 9.69 Å². The minimum Gasteiger partial charge on any atom is -0.465 e. The third-order valence-corrected chi connectivity index (χ3v) is 2.72. The summed E-state index contributed by atoms with van der Waals surface area (Å²) in [5.74, 6) is -0.205. The fourth-order valence-electron chi connectivity index (χ4n) is 1.68. The molecule has 0 unspecified atom stereocenters. The molecule has 0 amide bonds. The van der Waals surface area contributed by atoms with Gasteiger partial charge in [-0.05, 0) is 18.5 Å². The summed E-state index contributed by atoms with van der Waals surface area (Å²) in [7, 11) is 0. The molecule has 0 saturated carbocycles. The zero-order valence-corrected chi connectivity index (χ0v) is 10.7. The van der Waals surface area contributed by atoms with E-state index in [2.05, 4.69) is 36.1 Å². The Labute approximate surface area is 103 Å². The van der Waals surface area contributed by atoms with E-state index >= 15 is 0 Å². The lowest BCUT2D eigenvalue weighted by atomic mass is 10.1. The zero-order valence-electron chi connectivity index (χ0n) is 10.7. The highest BCUT2D eigenvalue weighted by atomic mass is 16.5. The smallest absolute Gasteiger partial charge is 0.302 e. The lowest BCUT2D eigenvalue weighted by Gasteiger charge is -2.19. The van der Waals surface area contributed by atoms with Crippen LogP contribution in [0.25, 0.3) is 0 Å². The van der Waals surface area contributed by atoms with Crippen LogP contribution < -0.4 is 0 Å². The molecule has 1 rings (SSSR count). The van der Waals surface area contributed by atoms with Crippen LogP contribution in [0.1, 0.15) is 19.4 Å². The van der Waals surface area contributed by atoms with Gasteiger partial charge in [0.25, 0.3) is 0 Å². The topological polar surface area (TPSA) is 29.5 Å². The highest BCUT2D eigenvalue weighted by molar-refractivity contribution is 5.65. The van der Waals surface area contributed by atoms with Crippen molar-refractivity contribution in [1.29, 1.82) is 0 Å². The number of hydrogen-bond acceptors (Lipinski definition) is 3. The van der Waals surface area contributed by atoms with E-state index in [-0.39, 0.29) is 5.97 Å². The molecule has 0 fully saturated rings. The standard InChI is InChI=1S/C14H21NO2/c1-3-15(11-12-17-13(2)16)10-9-14-7-5-4-6-8-14/h4-8H,3,9-12H2,1-2H3. The predicted molar refractivity (Wildman–Crippen MR) is 68.9 cm³/mol. The van der Waals surface area contributed by atoms with E-state index in [1.807, 2.05) is 6.07 Å². The van der Waals surface area contributed by atoms with Gasteiger partial charge in [0.2, 0.25) is 0 Å². The summed E-state index contributed by atoms with van der Waals surface area (Å²) in [6.45, 7) is 6.84. The third-order valence-electron chi connectivity index (χ3n) is 2.72. The number of likely N-dealkylation sites (N-methyl/N-ethyl adjacent to an activating group) is 1. The Bertz CT molecular complexity index is 324. The number of rotatable bonds is 7. The molecule has 0 bridgehead atoms. The van der Waals surface area contributed by atoms with Crippen molar-refractivity contribution in [2.24, 2.45) is 0 Å². The molecule has 0 aliphatic rings. The van der Waals surface area contributed by atoms with Crippen molar-refractivity contribution in [3.63, 3.8) is 0 Å². The van der Waals surface area contributed by atoms with E-state index in [0.717, 1.165) is 26.1 Å². The van der Waals surface area contributed by atoms with Crippen LogP contribution in [0.15, 0.2) is 30.3 Å². The quantitative estimate of drug-likeness (QED) is 0.678. The molecular weight excluding hydrogens is 214 g/mol. The number of nitrogens with zero attached hydrogens (tertiary/aromatic N) is 1. The maximum absolute atomic E-state index is 10.7. The van der Waals surface area contributed by atoms with Crippen LogP contribution in [0, 0.1) is 0 Å². The molecule has 0 atom stereocenters. The maximum atomic E-state index is 10.7. The van der Waals surface area contributed by atoms with Gasteiger partial charge in [-0.25, -0.2) is 0 Å². The average molecular weight is 235 g/mol. The van der Waals surface area contributed by atoms with Gasteiger partial charge in [-0.2, -0.15) is 0 Å². The van der Waals surface area contributed by atoms with Crippen molar-refractivity contribution >= 4 is 5.97 Å². The summed E-state index contributed by atoms with van der Waals surface area (Å²) in [4.78, 5) is 12.9. The highest BCUT2D eigenvalue weighted by Gasteiger charge is 2.03. The van der Waals surface area contributed by atoms with Crippen molar-refractivity contribution < 1.29 is 9.53 Å². The molecule has 0 aromatic heterocycles. The number of benzene rings is 1. The summed E-state index contributed by atoms with van der Waals surface area (Å²) >= 11 is 0. The van der Waals surface area contributed by atoms with Crippen LogP contribution in [0.5, 0.6) is 0 Å². The van der Waals surface area contributed by atoms with Crippen LogP contribution in [-0.4, -0.2) is 37.1 Å². The summed E-state index contributed by atoms with van der Waals surface area (Å²) in [6.07, 6.45) is 1.04. The van der Waals surface area contributed by atoms with Crippen molar-refractivity contribution in [2.75, 3.05) is 26.2 Å². The first-order valence-corrected chi connectivity index (χ1v) is 6.12. The van der Waals surface area contributed by atoms with Crippen LogP contribution in [0.4, 0.5) is 0 Å². The second-order valence-electron chi connectivity index (χ2n) is 4.01. The van der Waals surface area contributed by atoms with Gasteiger partial charge < -0.3 is 4.74 Å². The monoisotopic (exact) mass is 235 g/mol. The van der Waals surface area contributed by atoms with Crippen LogP contribution >= 0.6 is 0 Å². The Kier molecular flexibility index (Phi) is 6.33. The zero-order chi connectivity index (χ0) is 12.5. The van der Waals surface area contributed by atoms with Crippen molar-refractivity contribution in [2.45, 2.75) is 20.3 Å². The lowest BCUT2D eigenvalue weighted by molar-refractivity contribution is -0.141. The summed E-state index contributed by atoms with van der Waals surface area (Å²) < 4.78 is 4.95. The minimum atomic E-state index is -0.205. The summed E-state index contributed by atoms with van der Waals surface area (Å²) in [6, 6.07) is 10.4. The number of esters is 1. The Morgan fingerprint density at radius 1 is 1.24 bits per heavy atom. The van der Waals surface area contributed by atoms with E-state index in [4.69, 9.17) is 4.74 Å². The van der Waals surface area contributed by atoms with Gasteiger partial charge in [0, 0.05) is 20.0 Å². The molecule has 1 aromatic carbocycles. The van der Waals surface area contributed by atoms with Crippen molar-refractivity contribution in [3.8, 4) is 0 Å². The molecule has 0 aliphatic carbocycles. The van der Waals surface area contributed by atoms with E-state index in [1.54, 1.807) is 0 Å². The first kappa shape index (κ1) is 13.7. The average Bonchev–Trinajstić information content (AvgIpc) is 2.34. The molecule has 94 valence electrons. The summed E-state index contributed by atoms with van der Waals surface area (Å²) in [5.41, 5.74) is 1.35. The van der Waals surface area contributed by atoms with E-state index in [0.29, 0.717) is 6.61 Å². The first-order valence-electron chi connectivity index (χ1n) is 6.12. The third kappa shape index (κ3) is 6.07. The molecule has 0 spiro atoms. The highest BCUT2D eigenvalue weighted by Crippen LogP contribution is 2.01. The van der Waals surface area contributed by atoms with Gasteiger partial charge in [-0.1, -0.05) is 37.3 Å². The predicted octanol–water partition coefficient (Wildman–Crippen LogP) is 2.11. The van der Waals surface area contributed by atoms with E-state index in [1.165, 1.54) is 12.5 Å². The number of ether oxygens (including phenoxy) is 1. The minimum absolute atomic E-state index is 0.205. The fourth-order valence-corrected chi connectivity index (χ4v) is 1.68. The van der Waals surface area contributed by atoms with Crippen LogP contribution in [-0.2, 0) is 16.0 Å². The Balaban J connectivity index is 2.25. The van der Waals surface area contributed by atoms with Crippen molar-refractivity contribution in [1.82, 2.24) is 4.90 Å². The van der Waals surface area contributed by atoms with Crippen LogP contribution in [0.3, 0.4) is 0 Å². The van der Waals surface area contributed by atoms with E-state index in [9.17, 15) is 4.79 Å². The van der Waals surface area contributed by atoms with Gasteiger partial charge >= 0.3 is 5.97 Å². The molecule has 17 heavy (non-hydrogen) atoms. The first-order chi connectivity index (χ1) is 8.22. The van der Waals surface area contributed by atoms with Crippen LogP contribution in [0.2, 0.25) is 0 Å². The molecule has 0 heterocycles. The molecule has 3 heteroatoms. The Hall–Kier alpha value is -1.35. The molecule has 0 radical (unpaired) electrons. The molecule has 1 aromatic rings. The fraction of sp³-hybridized carbons (Fsp3) is 0.500. The lowest BCUT2D eigenvalue weighted by Crippen LogP contribution is -2.30. The van der Waals surface area contributed by atoms with Crippen molar-refractivity contribution in [3.05, 3.63) is 35.9 Å². The van der Waals surface area contributed by atoms with Gasteiger partial charge in [0.05, 0.1) is 0 Å². The van der Waals surface area contributed by atoms with Gasteiger partial charge in [0.15, 0.2) is 0 Å². The number of carbonyl (C=O) groups excluding carboxylic acids is 1. The number of carbonyl (C=O) groups is 1. The molecule has 0 aliphatic heterocycles. The molecular formula is C14H21NO2. The molecule has 3 nitrogen and oxygen atoms in total. The Morgan fingerprint density at radius 2 is 1.94 bits per heavy atom.